The summed E-state index contributed by atoms with van der Waals surface area (Å²) in [4.78, 5) is 18.1. The highest BCUT2D eigenvalue weighted by molar-refractivity contribution is 5.68. The molecule has 1 saturated heterocycles. The van der Waals surface area contributed by atoms with Gasteiger partial charge in [-0.05, 0) is 91.1 Å². The third-order valence-electron chi connectivity index (χ3n) is 7.93. The Hall–Kier alpha value is -3.25. The summed E-state index contributed by atoms with van der Waals surface area (Å²) in [5.74, 6) is 2.38. The Kier molecular flexibility index (Phi) is 5.56. The molecule has 6 rings (SSSR count). The third kappa shape index (κ3) is 4.10. The number of rotatable bonds is 6. The third-order valence-corrected chi connectivity index (χ3v) is 7.93. The first kappa shape index (κ1) is 22.2. The van der Waals surface area contributed by atoms with Gasteiger partial charge in [0, 0.05) is 35.8 Å². The number of piperidine rings is 1. The first-order chi connectivity index (χ1) is 17.0. The summed E-state index contributed by atoms with van der Waals surface area (Å²) in [6.45, 7) is 3.71. The van der Waals surface area contributed by atoms with Crippen molar-refractivity contribution in [2.24, 2.45) is 11.8 Å². The second-order valence-corrected chi connectivity index (χ2v) is 10.1. The summed E-state index contributed by atoms with van der Waals surface area (Å²) >= 11 is 0. The summed E-state index contributed by atoms with van der Waals surface area (Å²) in [6, 6.07) is 15.2. The van der Waals surface area contributed by atoms with Gasteiger partial charge in [0.15, 0.2) is 0 Å². The SMILES string of the molecule is Cc1nc(N2CCC(O)CC2)ccc1-c1ccc(F)c(COc2ccc3c(c2)C[C@H]2[C@H](C=O)[C@@H]32)c1. The number of benzene rings is 2. The smallest absolute Gasteiger partial charge is 0.129 e. The number of aliphatic hydroxyl groups excluding tert-OH is 1. The van der Waals surface area contributed by atoms with Gasteiger partial charge in [-0.3, -0.25) is 0 Å². The highest BCUT2D eigenvalue weighted by Gasteiger charge is 2.55. The highest BCUT2D eigenvalue weighted by atomic mass is 19.1. The molecule has 1 aliphatic heterocycles. The molecule has 1 aromatic heterocycles. The summed E-state index contributed by atoms with van der Waals surface area (Å²) < 4.78 is 20.6. The number of carbonyl (C=O) groups is 1. The molecule has 5 nitrogen and oxygen atoms in total. The summed E-state index contributed by atoms with van der Waals surface area (Å²) in [5.41, 5.74) is 5.77. The van der Waals surface area contributed by atoms with Crippen molar-refractivity contribution in [2.45, 2.75) is 44.8 Å². The molecular formula is C29H29FN2O3. The monoisotopic (exact) mass is 472 g/mol. The predicted octanol–water partition coefficient (Wildman–Crippen LogP) is 4.82. The van der Waals surface area contributed by atoms with Crippen molar-refractivity contribution in [3.8, 4) is 16.9 Å². The lowest BCUT2D eigenvalue weighted by Crippen LogP contribution is -2.36. The number of aromatic nitrogens is 1. The second kappa shape index (κ2) is 8.76. The predicted molar refractivity (Wildman–Crippen MR) is 132 cm³/mol. The van der Waals surface area contributed by atoms with Crippen LogP contribution in [0.15, 0.2) is 48.5 Å². The van der Waals surface area contributed by atoms with Crippen molar-refractivity contribution < 1.29 is 19.0 Å². The summed E-state index contributed by atoms with van der Waals surface area (Å²) in [7, 11) is 0. The summed E-state index contributed by atoms with van der Waals surface area (Å²) in [6.07, 6.45) is 3.30. The molecule has 3 aromatic rings. The van der Waals surface area contributed by atoms with Crippen LogP contribution in [0.1, 0.15) is 41.1 Å². The Balaban J connectivity index is 1.17. The molecule has 0 spiro atoms. The number of pyridine rings is 1. The van der Waals surface area contributed by atoms with Crippen molar-refractivity contribution in [3.05, 3.63) is 76.7 Å². The van der Waals surface area contributed by atoms with Gasteiger partial charge >= 0.3 is 0 Å². The number of ether oxygens (including phenoxy) is 1. The Bertz CT molecular complexity index is 1280. The van der Waals surface area contributed by atoms with Crippen molar-refractivity contribution in [1.82, 2.24) is 4.98 Å². The average molecular weight is 473 g/mol. The van der Waals surface area contributed by atoms with Crippen molar-refractivity contribution >= 4 is 12.1 Å². The minimum Gasteiger partial charge on any atom is -0.489 e. The molecule has 3 atom stereocenters. The van der Waals surface area contributed by atoms with Gasteiger partial charge in [0.2, 0.25) is 0 Å². The number of hydrogen-bond acceptors (Lipinski definition) is 5. The number of nitrogens with zero attached hydrogens (tertiary/aromatic N) is 2. The number of fused-ring (bicyclic) bond motifs is 3. The van der Waals surface area contributed by atoms with E-state index in [0.717, 1.165) is 67.0 Å². The number of aliphatic hydroxyl groups is 1. The number of carbonyl (C=O) groups excluding carboxylic acids is 1. The van der Waals surface area contributed by atoms with E-state index in [4.69, 9.17) is 9.72 Å². The quantitative estimate of drug-likeness (QED) is 0.521. The van der Waals surface area contributed by atoms with Crippen LogP contribution in [-0.2, 0) is 17.8 Å². The highest BCUT2D eigenvalue weighted by Crippen LogP contribution is 2.60. The zero-order chi connectivity index (χ0) is 24.1. The van der Waals surface area contributed by atoms with Crippen LogP contribution in [-0.4, -0.2) is 35.6 Å². The Morgan fingerprint density at radius 1 is 1.14 bits per heavy atom. The Labute approximate surface area is 204 Å². The molecule has 0 radical (unpaired) electrons. The van der Waals surface area contributed by atoms with Gasteiger partial charge in [-0.15, -0.1) is 0 Å². The molecule has 1 saturated carbocycles. The van der Waals surface area contributed by atoms with Crippen LogP contribution in [0.4, 0.5) is 10.2 Å². The Morgan fingerprint density at radius 3 is 2.74 bits per heavy atom. The van der Waals surface area contributed by atoms with Gasteiger partial charge in [-0.25, -0.2) is 9.37 Å². The van der Waals surface area contributed by atoms with E-state index in [9.17, 15) is 14.3 Å². The normalized spacial score (nSPS) is 23.1. The molecule has 1 N–H and O–H groups in total. The molecule has 0 bridgehead atoms. The first-order valence-corrected chi connectivity index (χ1v) is 12.4. The number of hydrogen-bond donors (Lipinski definition) is 1. The van der Waals surface area contributed by atoms with Crippen LogP contribution in [0, 0.1) is 24.6 Å². The Morgan fingerprint density at radius 2 is 1.97 bits per heavy atom. The fourth-order valence-electron chi connectivity index (χ4n) is 5.85. The fraction of sp³-hybridized carbons (Fsp3) is 0.379. The van der Waals surface area contributed by atoms with E-state index < -0.39 is 0 Å². The van der Waals surface area contributed by atoms with Gasteiger partial charge in [-0.2, -0.15) is 0 Å². The molecule has 2 fully saturated rings. The van der Waals surface area contributed by atoms with Gasteiger partial charge in [-0.1, -0.05) is 12.1 Å². The molecule has 2 heterocycles. The standard InChI is InChI=1S/C29H29FN2O3/c1-17-23(5-7-28(31-17)32-10-8-21(34)9-11-32)18-2-6-27(30)20(12-18)16-35-22-3-4-24-19(13-22)14-25-26(15-33)29(24)25/h2-7,12-13,15,21,25-26,29,34H,8-11,14,16H2,1H3/t25-,26-,29-/m0/s1. The van der Waals surface area contributed by atoms with E-state index in [-0.39, 0.29) is 24.4 Å². The van der Waals surface area contributed by atoms with Crippen LogP contribution in [0.25, 0.3) is 11.1 Å². The van der Waals surface area contributed by atoms with Gasteiger partial charge in [0.25, 0.3) is 0 Å². The van der Waals surface area contributed by atoms with Gasteiger partial charge in [0.1, 0.15) is 30.3 Å². The first-order valence-electron chi connectivity index (χ1n) is 12.4. The van der Waals surface area contributed by atoms with E-state index in [2.05, 4.69) is 11.0 Å². The molecule has 35 heavy (non-hydrogen) atoms. The van der Waals surface area contributed by atoms with Crippen LogP contribution < -0.4 is 9.64 Å². The van der Waals surface area contributed by atoms with Crippen LogP contribution in [0.3, 0.4) is 0 Å². The van der Waals surface area contributed by atoms with E-state index in [1.165, 1.54) is 17.2 Å². The van der Waals surface area contributed by atoms with E-state index in [1.807, 2.05) is 37.3 Å². The van der Waals surface area contributed by atoms with Crippen LogP contribution in [0.5, 0.6) is 5.75 Å². The maximum absolute atomic E-state index is 14.6. The lowest BCUT2D eigenvalue weighted by atomic mass is 10.0. The maximum Gasteiger partial charge on any atom is 0.129 e. The molecule has 3 aliphatic rings. The minimum absolute atomic E-state index is 0.142. The van der Waals surface area contributed by atoms with Crippen molar-refractivity contribution in [3.63, 3.8) is 0 Å². The van der Waals surface area contributed by atoms with E-state index >= 15 is 0 Å². The van der Waals surface area contributed by atoms with Crippen molar-refractivity contribution in [1.29, 1.82) is 0 Å². The number of anilines is 1. The van der Waals surface area contributed by atoms with E-state index in [1.54, 1.807) is 6.07 Å². The largest absolute Gasteiger partial charge is 0.489 e. The maximum atomic E-state index is 14.6. The minimum atomic E-state index is -0.293. The topological polar surface area (TPSA) is 62.7 Å². The molecule has 6 heteroatoms. The molecule has 2 aromatic carbocycles. The average Bonchev–Trinajstić information content (AvgIpc) is 3.43. The van der Waals surface area contributed by atoms with Crippen LogP contribution in [0.2, 0.25) is 0 Å². The van der Waals surface area contributed by atoms with Crippen LogP contribution >= 0.6 is 0 Å². The number of halogens is 1. The second-order valence-electron chi connectivity index (χ2n) is 10.1. The molecule has 2 aliphatic carbocycles. The lowest BCUT2D eigenvalue weighted by Gasteiger charge is -2.30. The zero-order valence-electron chi connectivity index (χ0n) is 19.8. The molecular weight excluding hydrogens is 443 g/mol. The lowest BCUT2D eigenvalue weighted by molar-refractivity contribution is -0.109. The summed E-state index contributed by atoms with van der Waals surface area (Å²) in [5, 5.41) is 9.76. The molecule has 0 unspecified atom stereocenters. The number of aldehydes is 1. The molecule has 0 amide bonds. The van der Waals surface area contributed by atoms with Gasteiger partial charge in [0.05, 0.1) is 6.10 Å². The van der Waals surface area contributed by atoms with E-state index in [0.29, 0.717) is 17.4 Å². The molecule has 180 valence electrons. The number of aryl methyl sites for hydroxylation is 1. The zero-order valence-corrected chi connectivity index (χ0v) is 19.8. The fourth-order valence-corrected chi connectivity index (χ4v) is 5.85. The van der Waals surface area contributed by atoms with Crippen molar-refractivity contribution in [2.75, 3.05) is 18.0 Å². The van der Waals surface area contributed by atoms with Gasteiger partial charge < -0.3 is 19.5 Å².